The Balaban J connectivity index is 0.00000192. The fourth-order valence-electron chi connectivity index (χ4n) is 4.04. The Hall–Kier alpha value is -0.370. The Morgan fingerprint density at radius 1 is 1.26 bits per heavy atom. The van der Waals surface area contributed by atoms with Crippen molar-refractivity contribution in [3.63, 3.8) is 0 Å². The predicted molar refractivity (Wildman–Crippen MR) is 109 cm³/mol. The number of aryl methyl sites for hydroxylation is 1. The van der Waals surface area contributed by atoms with Gasteiger partial charge in [-0.3, -0.25) is 4.99 Å². The fourth-order valence-corrected chi connectivity index (χ4v) is 4.75. The summed E-state index contributed by atoms with van der Waals surface area (Å²) in [6.45, 7) is 2.80. The number of guanidine groups is 1. The van der Waals surface area contributed by atoms with Crippen LogP contribution in [0.25, 0.3) is 0 Å². The second-order valence-corrected chi connectivity index (χ2v) is 7.71. The summed E-state index contributed by atoms with van der Waals surface area (Å²) < 4.78 is 0. The third-order valence-corrected chi connectivity index (χ3v) is 6.14. The molecule has 2 aliphatic rings. The highest BCUT2D eigenvalue weighted by molar-refractivity contribution is 14.0. The highest BCUT2D eigenvalue weighted by atomic mass is 127. The number of hydrogen-bond acceptors (Lipinski definition) is 3. The normalized spacial score (nSPS) is 27.7. The molecule has 3 rings (SSSR count). The van der Waals surface area contributed by atoms with Crippen LogP contribution in [0.1, 0.15) is 55.6 Å². The maximum atomic E-state index is 4.49. The number of fused-ring (bicyclic) bond motifs is 1. The molecule has 0 aliphatic heterocycles. The third kappa shape index (κ3) is 5.31. The van der Waals surface area contributed by atoms with Crippen molar-refractivity contribution in [2.45, 2.75) is 64.5 Å². The standard InChI is InChI=1S/C17H28N4S.HI/c1-12-11-22-16(20-12)10-19-17(18-2)21-15-8-7-13-5-3-4-6-14(13)9-15;/h11,13-15H,3-10H2,1-2H3,(H2,18,19,21);1H. The van der Waals surface area contributed by atoms with Crippen LogP contribution in [0.2, 0.25) is 0 Å². The molecule has 2 fully saturated rings. The molecule has 2 N–H and O–H groups in total. The van der Waals surface area contributed by atoms with E-state index < -0.39 is 0 Å². The summed E-state index contributed by atoms with van der Waals surface area (Å²) in [5.74, 6) is 2.87. The largest absolute Gasteiger partial charge is 0.354 e. The minimum Gasteiger partial charge on any atom is -0.354 e. The van der Waals surface area contributed by atoms with Gasteiger partial charge in [-0.05, 0) is 38.0 Å². The van der Waals surface area contributed by atoms with Crippen molar-refractivity contribution in [3.05, 3.63) is 16.1 Å². The molecule has 0 amide bonds. The van der Waals surface area contributed by atoms with Crippen molar-refractivity contribution < 1.29 is 0 Å². The molecule has 0 radical (unpaired) electrons. The zero-order valence-electron chi connectivity index (χ0n) is 14.2. The lowest BCUT2D eigenvalue weighted by Gasteiger charge is -2.39. The van der Waals surface area contributed by atoms with Crippen molar-refractivity contribution in [2.24, 2.45) is 16.8 Å². The lowest BCUT2D eigenvalue weighted by Crippen LogP contribution is -2.46. The van der Waals surface area contributed by atoms with Crippen molar-refractivity contribution in [3.8, 4) is 0 Å². The van der Waals surface area contributed by atoms with E-state index in [1.54, 1.807) is 11.3 Å². The zero-order valence-corrected chi connectivity index (χ0v) is 17.3. The van der Waals surface area contributed by atoms with Gasteiger partial charge in [-0.15, -0.1) is 35.3 Å². The monoisotopic (exact) mass is 448 g/mol. The van der Waals surface area contributed by atoms with Gasteiger partial charge in [-0.2, -0.15) is 0 Å². The van der Waals surface area contributed by atoms with E-state index in [2.05, 4.69) is 26.0 Å². The van der Waals surface area contributed by atoms with Crippen molar-refractivity contribution in [2.75, 3.05) is 7.05 Å². The molecular formula is C17H29IN4S. The molecule has 0 spiro atoms. The van der Waals surface area contributed by atoms with Gasteiger partial charge in [-0.1, -0.05) is 25.7 Å². The van der Waals surface area contributed by atoms with Gasteiger partial charge in [0.1, 0.15) is 5.01 Å². The summed E-state index contributed by atoms with van der Waals surface area (Å²) in [5, 5.41) is 10.3. The molecule has 6 heteroatoms. The molecule has 0 bridgehead atoms. The van der Waals surface area contributed by atoms with Gasteiger partial charge in [0.15, 0.2) is 5.96 Å². The molecule has 130 valence electrons. The number of aliphatic imine (C=N–C) groups is 1. The second kappa shape index (κ2) is 9.20. The minimum atomic E-state index is 0. The van der Waals surface area contributed by atoms with Crippen LogP contribution in [0.5, 0.6) is 0 Å². The summed E-state index contributed by atoms with van der Waals surface area (Å²) in [6.07, 6.45) is 9.80. The Morgan fingerprint density at radius 2 is 2.04 bits per heavy atom. The molecular weight excluding hydrogens is 419 g/mol. The molecule has 0 saturated heterocycles. The van der Waals surface area contributed by atoms with Gasteiger partial charge in [0, 0.05) is 24.2 Å². The summed E-state index contributed by atoms with van der Waals surface area (Å²) in [6, 6.07) is 0.587. The predicted octanol–water partition coefficient (Wildman–Crippen LogP) is 4.09. The molecule has 3 atom stereocenters. The van der Waals surface area contributed by atoms with Gasteiger partial charge in [0.25, 0.3) is 0 Å². The highest BCUT2D eigenvalue weighted by Gasteiger charge is 2.32. The van der Waals surface area contributed by atoms with E-state index in [0.29, 0.717) is 6.04 Å². The lowest BCUT2D eigenvalue weighted by molar-refractivity contribution is 0.150. The molecule has 0 aromatic carbocycles. The molecule has 1 heterocycles. The van der Waals surface area contributed by atoms with Crippen LogP contribution in [-0.4, -0.2) is 24.0 Å². The number of halogens is 1. The lowest BCUT2D eigenvalue weighted by atomic mass is 9.69. The first kappa shape index (κ1) is 19.0. The average molecular weight is 448 g/mol. The zero-order chi connectivity index (χ0) is 15.4. The Kier molecular flexibility index (Phi) is 7.59. The Bertz CT molecular complexity index is 516. The molecule has 23 heavy (non-hydrogen) atoms. The van der Waals surface area contributed by atoms with Crippen LogP contribution in [0, 0.1) is 18.8 Å². The molecule has 1 aromatic rings. The molecule has 3 unspecified atom stereocenters. The second-order valence-electron chi connectivity index (χ2n) is 6.77. The van der Waals surface area contributed by atoms with Crippen molar-refractivity contribution in [1.29, 1.82) is 0 Å². The maximum Gasteiger partial charge on any atom is 0.191 e. The number of thiazole rings is 1. The van der Waals surface area contributed by atoms with Gasteiger partial charge < -0.3 is 10.6 Å². The van der Waals surface area contributed by atoms with E-state index in [4.69, 9.17) is 0 Å². The van der Waals surface area contributed by atoms with E-state index in [1.807, 2.05) is 14.0 Å². The van der Waals surface area contributed by atoms with Crippen molar-refractivity contribution in [1.82, 2.24) is 15.6 Å². The number of rotatable bonds is 3. The summed E-state index contributed by atoms with van der Waals surface area (Å²) in [7, 11) is 1.86. The molecule has 2 saturated carbocycles. The van der Waals surface area contributed by atoms with E-state index in [0.717, 1.165) is 35.0 Å². The van der Waals surface area contributed by atoms with E-state index in [-0.39, 0.29) is 24.0 Å². The SMILES string of the molecule is CN=C(NCc1nc(C)cs1)NC1CCC2CCCCC2C1.I. The number of hydrogen-bond donors (Lipinski definition) is 2. The summed E-state index contributed by atoms with van der Waals surface area (Å²) in [4.78, 5) is 8.87. The molecule has 2 aliphatic carbocycles. The highest BCUT2D eigenvalue weighted by Crippen LogP contribution is 2.40. The van der Waals surface area contributed by atoms with Crippen LogP contribution >= 0.6 is 35.3 Å². The third-order valence-electron chi connectivity index (χ3n) is 5.18. The van der Waals surface area contributed by atoms with Crippen molar-refractivity contribution >= 4 is 41.3 Å². The molecule has 1 aromatic heterocycles. The van der Waals surface area contributed by atoms with Gasteiger partial charge in [-0.25, -0.2) is 4.98 Å². The smallest absolute Gasteiger partial charge is 0.191 e. The molecule has 4 nitrogen and oxygen atoms in total. The minimum absolute atomic E-state index is 0. The number of aromatic nitrogens is 1. The van der Waals surface area contributed by atoms with Crippen LogP contribution in [0.4, 0.5) is 0 Å². The number of nitrogens with one attached hydrogen (secondary N) is 2. The first-order chi connectivity index (χ1) is 10.7. The van der Waals surface area contributed by atoms with Gasteiger partial charge in [0.05, 0.1) is 6.54 Å². The average Bonchev–Trinajstić information content (AvgIpc) is 2.96. The van der Waals surface area contributed by atoms with Gasteiger partial charge in [0.2, 0.25) is 0 Å². The van der Waals surface area contributed by atoms with E-state index >= 15 is 0 Å². The fraction of sp³-hybridized carbons (Fsp3) is 0.765. The van der Waals surface area contributed by atoms with E-state index in [9.17, 15) is 0 Å². The first-order valence-corrected chi connectivity index (χ1v) is 9.50. The van der Waals surface area contributed by atoms with Crippen LogP contribution in [-0.2, 0) is 6.54 Å². The Labute approximate surface area is 161 Å². The maximum absolute atomic E-state index is 4.49. The van der Waals surface area contributed by atoms with Gasteiger partial charge >= 0.3 is 0 Å². The summed E-state index contributed by atoms with van der Waals surface area (Å²) >= 11 is 1.71. The quantitative estimate of drug-likeness (QED) is 0.416. The van der Waals surface area contributed by atoms with Crippen LogP contribution in [0.3, 0.4) is 0 Å². The van der Waals surface area contributed by atoms with E-state index in [1.165, 1.54) is 44.9 Å². The first-order valence-electron chi connectivity index (χ1n) is 8.63. The summed E-state index contributed by atoms with van der Waals surface area (Å²) in [5.41, 5.74) is 1.10. The Morgan fingerprint density at radius 3 is 2.74 bits per heavy atom. The topological polar surface area (TPSA) is 49.3 Å². The number of nitrogens with zero attached hydrogens (tertiary/aromatic N) is 2. The van der Waals surface area contributed by atoms with Crippen LogP contribution in [0.15, 0.2) is 10.4 Å². The van der Waals surface area contributed by atoms with Crippen LogP contribution < -0.4 is 10.6 Å².